The normalized spacial score (nSPS) is 18.6. The van der Waals surface area contributed by atoms with Gasteiger partial charge in [0.2, 0.25) is 5.91 Å². The highest BCUT2D eigenvalue weighted by molar-refractivity contribution is 5.95. The van der Waals surface area contributed by atoms with Crippen LogP contribution in [0.15, 0.2) is 18.2 Å². The average Bonchev–Trinajstić information content (AvgIpc) is 2.48. The van der Waals surface area contributed by atoms with E-state index in [0.29, 0.717) is 37.4 Å². The standard InChI is InChI=1S/C13H17N3O4/c1-2-9-3-4-10(7-12(9)16(18)19)15-13(17)11-8-20-6-5-14-11/h3-4,7,11,14H,2,5-6,8H2,1H3,(H,15,17). The molecule has 2 N–H and O–H groups in total. The van der Waals surface area contributed by atoms with Gasteiger partial charge in [-0.15, -0.1) is 0 Å². The summed E-state index contributed by atoms with van der Waals surface area (Å²) in [5, 5.41) is 16.7. The van der Waals surface area contributed by atoms with Gasteiger partial charge in [-0.2, -0.15) is 0 Å². The van der Waals surface area contributed by atoms with Crippen molar-refractivity contribution in [3.8, 4) is 0 Å². The number of benzene rings is 1. The molecule has 108 valence electrons. The van der Waals surface area contributed by atoms with Crippen molar-refractivity contribution in [3.63, 3.8) is 0 Å². The maximum atomic E-state index is 12.0. The molecule has 1 aromatic carbocycles. The summed E-state index contributed by atoms with van der Waals surface area (Å²) in [6.07, 6.45) is 0.572. The second-order valence-electron chi connectivity index (χ2n) is 4.53. The van der Waals surface area contributed by atoms with Gasteiger partial charge in [-0.1, -0.05) is 13.0 Å². The number of ether oxygens (including phenoxy) is 1. The molecule has 0 bridgehead atoms. The van der Waals surface area contributed by atoms with Crippen LogP contribution in [0, 0.1) is 10.1 Å². The molecule has 20 heavy (non-hydrogen) atoms. The minimum absolute atomic E-state index is 0.0261. The number of anilines is 1. The van der Waals surface area contributed by atoms with Crippen molar-refractivity contribution < 1.29 is 14.5 Å². The third kappa shape index (κ3) is 3.31. The number of nitro benzene ring substituents is 1. The largest absolute Gasteiger partial charge is 0.378 e. The first-order valence-electron chi connectivity index (χ1n) is 6.51. The average molecular weight is 279 g/mol. The summed E-state index contributed by atoms with van der Waals surface area (Å²) in [5.74, 6) is -0.247. The molecule has 0 aromatic heterocycles. The van der Waals surface area contributed by atoms with Crippen LogP contribution in [0.3, 0.4) is 0 Å². The van der Waals surface area contributed by atoms with Gasteiger partial charge in [-0.05, 0) is 12.5 Å². The molecule has 7 nitrogen and oxygen atoms in total. The van der Waals surface area contributed by atoms with E-state index in [9.17, 15) is 14.9 Å². The minimum Gasteiger partial charge on any atom is -0.378 e. The van der Waals surface area contributed by atoms with Crippen molar-refractivity contribution in [2.75, 3.05) is 25.1 Å². The molecule has 0 radical (unpaired) electrons. The number of rotatable bonds is 4. The number of hydrogen-bond acceptors (Lipinski definition) is 5. The fraction of sp³-hybridized carbons (Fsp3) is 0.462. The van der Waals surface area contributed by atoms with Crippen molar-refractivity contribution >= 4 is 17.3 Å². The molecular formula is C13H17N3O4. The van der Waals surface area contributed by atoms with E-state index >= 15 is 0 Å². The molecule has 2 rings (SSSR count). The predicted molar refractivity (Wildman–Crippen MR) is 73.7 cm³/mol. The molecule has 0 aliphatic carbocycles. The number of aryl methyl sites for hydroxylation is 1. The smallest absolute Gasteiger partial charge is 0.274 e. The second kappa shape index (κ2) is 6.44. The number of carbonyl (C=O) groups is 1. The fourth-order valence-corrected chi connectivity index (χ4v) is 2.07. The zero-order valence-corrected chi connectivity index (χ0v) is 11.2. The zero-order chi connectivity index (χ0) is 14.5. The van der Waals surface area contributed by atoms with Gasteiger partial charge in [-0.25, -0.2) is 0 Å². The van der Waals surface area contributed by atoms with Crippen LogP contribution in [0.2, 0.25) is 0 Å². The Morgan fingerprint density at radius 1 is 1.60 bits per heavy atom. The molecule has 1 aromatic rings. The van der Waals surface area contributed by atoms with Crippen LogP contribution < -0.4 is 10.6 Å². The second-order valence-corrected chi connectivity index (χ2v) is 4.53. The summed E-state index contributed by atoms with van der Waals surface area (Å²) in [5.41, 5.74) is 1.09. The van der Waals surface area contributed by atoms with Gasteiger partial charge in [0, 0.05) is 23.9 Å². The number of hydrogen-bond donors (Lipinski definition) is 2. The molecule has 7 heteroatoms. The Bertz CT molecular complexity index is 512. The Balaban J connectivity index is 2.10. The number of nitrogens with one attached hydrogen (secondary N) is 2. The van der Waals surface area contributed by atoms with Gasteiger partial charge in [0.1, 0.15) is 6.04 Å². The number of carbonyl (C=O) groups excluding carboxylic acids is 1. The van der Waals surface area contributed by atoms with E-state index in [2.05, 4.69) is 10.6 Å². The molecule has 1 fully saturated rings. The lowest BCUT2D eigenvalue weighted by Crippen LogP contribution is -2.48. The summed E-state index contributed by atoms with van der Waals surface area (Å²) < 4.78 is 5.21. The summed E-state index contributed by atoms with van der Waals surface area (Å²) in [7, 11) is 0. The number of nitrogens with zero attached hydrogens (tertiary/aromatic N) is 1. The Morgan fingerprint density at radius 2 is 2.40 bits per heavy atom. The van der Waals surface area contributed by atoms with Crippen LogP contribution in [0.1, 0.15) is 12.5 Å². The van der Waals surface area contributed by atoms with Crippen molar-refractivity contribution in [2.45, 2.75) is 19.4 Å². The number of morpholine rings is 1. The summed E-state index contributed by atoms with van der Waals surface area (Å²) in [4.78, 5) is 22.5. The quantitative estimate of drug-likeness (QED) is 0.635. The fourth-order valence-electron chi connectivity index (χ4n) is 2.07. The highest BCUT2D eigenvalue weighted by atomic mass is 16.6. The van der Waals surface area contributed by atoms with E-state index in [1.807, 2.05) is 6.92 Å². The van der Waals surface area contributed by atoms with Gasteiger partial charge < -0.3 is 15.4 Å². The van der Waals surface area contributed by atoms with Gasteiger partial charge >= 0.3 is 0 Å². The monoisotopic (exact) mass is 279 g/mol. The van der Waals surface area contributed by atoms with Crippen LogP contribution in [0.25, 0.3) is 0 Å². The van der Waals surface area contributed by atoms with Crippen LogP contribution in [-0.4, -0.2) is 36.6 Å². The lowest BCUT2D eigenvalue weighted by atomic mass is 10.1. The summed E-state index contributed by atoms with van der Waals surface area (Å²) in [6.45, 7) is 3.36. The lowest BCUT2D eigenvalue weighted by molar-refractivity contribution is -0.385. The first kappa shape index (κ1) is 14.4. The highest BCUT2D eigenvalue weighted by Crippen LogP contribution is 2.23. The third-order valence-electron chi connectivity index (χ3n) is 3.17. The first-order chi connectivity index (χ1) is 9.61. The molecule has 1 amide bonds. The van der Waals surface area contributed by atoms with E-state index in [4.69, 9.17) is 4.74 Å². The maximum absolute atomic E-state index is 12.0. The SMILES string of the molecule is CCc1ccc(NC(=O)C2COCCN2)cc1[N+](=O)[O-]. The van der Waals surface area contributed by atoms with Crippen LogP contribution in [0.5, 0.6) is 0 Å². The van der Waals surface area contributed by atoms with Crippen molar-refractivity contribution in [1.29, 1.82) is 0 Å². The van der Waals surface area contributed by atoms with Gasteiger partial charge in [-0.3, -0.25) is 14.9 Å². The molecular weight excluding hydrogens is 262 g/mol. The molecule has 1 atom stereocenters. The Morgan fingerprint density at radius 3 is 3.00 bits per heavy atom. The summed E-state index contributed by atoms with van der Waals surface area (Å²) in [6, 6.07) is 4.31. The molecule has 1 unspecified atom stereocenters. The first-order valence-corrected chi connectivity index (χ1v) is 6.51. The maximum Gasteiger partial charge on any atom is 0.274 e. The van der Waals surface area contributed by atoms with E-state index in [-0.39, 0.29) is 11.6 Å². The molecule has 1 aliphatic rings. The van der Waals surface area contributed by atoms with Crippen LogP contribution >= 0.6 is 0 Å². The molecule has 1 aliphatic heterocycles. The van der Waals surface area contributed by atoms with Gasteiger partial charge in [0.15, 0.2) is 0 Å². The van der Waals surface area contributed by atoms with Crippen LogP contribution in [0.4, 0.5) is 11.4 Å². The van der Waals surface area contributed by atoms with E-state index in [1.165, 1.54) is 6.07 Å². The van der Waals surface area contributed by atoms with Crippen molar-refractivity contribution in [1.82, 2.24) is 5.32 Å². The number of amides is 1. The zero-order valence-electron chi connectivity index (χ0n) is 11.2. The Kier molecular flexibility index (Phi) is 4.65. The van der Waals surface area contributed by atoms with Gasteiger partial charge in [0.05, 0.1) is 18.1 Å². The van der Waals surface area contributed by atoms with E-state index < -0.39 is 11.0 Å². The third-order valence-corrected chi connectivity index (χ3v) is 3.17. The number of nitro groups is 1. The molecule has 0 spiro atoms. The molecule has 0 saturated carbocycles. The summed E-state index contributed by atoms with van der Waals surface area (Å²) >= 11 is 0. The minimum atomic E-state index is -0.434. The predicted octanol–water partition coefficient (Wildman–Crippen LogP) is 1.08. The van der Waals surface area contributed by atoms with Gasteiger partial charge in [0.25, 0.3) is 5.69 Å². The lowest BCUT2D eigenvalue weighted by Gasteiger charge is -2.22. The highest BCUT2D eigenvalue weighted by Gasteiger charge is 2.22. The van der Waals surface area contributed by atoms with Crippen molar-refractivity contribution in [3.05, 3.63) is 33.9 Å². The Hall–Kier alpha value is -1.99. The van der Waals surface area contributed by atoms with Crippen molar-refractivity contribution in [2.24, 2.45) is 0 Å². The van der Waals surface area contributed by atoms with E-state index in [0.717, 1.165) is 0 Å². The molecule has 1 saturated heterocycles. The van der Waals surface area contributed by atoms with E-state index in [1.54, 1.807) is 12.1 Å². The topological polar surface area (TPSA) is 93.5 Å². The molecule has 1 heterocycles. The van der Waals surface area contributed by atoms with Crippen LogP contribution in [-0.2, 0) is 16.0 Å². The Labute approximate surface area is 116 Å².